The number of carbonyl (C=O) groups is 10. The molecule has 9 unspecified atom stereocenters. The highest BCUT2D eigenvalue weighted by Crippen LogP contribution is 2.29. The summed E-state index contributed by atoms with van der Waals surface area (Å²) in [5, 5.41) is 17.6. The van der Waals surface area contributed by atoms with Crippen LogP contribution < -0.4 is 0 Å². The van der Waals surface area contributed by atoms with E-state index < -0.39 is 172 Å². The second-order valence-corrected chi connectivity index (χ2v) is 26.5. The lowest BCUT2D eigenvalue weighted by molar-refractivity contribution is -0.177. The van der Waals surface area contributed by atoms with Gasteiger partial charge in [0.05, 0.1) is 118 Å². The van der Waals surface area contributed by atoms with Crippen LogP contribution in [0.4, 0.5) is 0 Å². The third kappa shape index (κ3) is 36.2. The lowest BCUT2D eigenvalue weighted by Crippen LogP contribution is -2.47. The zero-order valence-corrected chi connectivity index (χ0v) is 59.2. The van der Waals surface area contributed by atoms with Gasteiger partial charge in [-0.25, -0.2) is 0 Å². The van der Waals surface area contributed by atoms with Gasteiger partial charge in [-0.1, -0.05) is 27.7 Å². The van der Waals surface area contributed by atoms with Gasteiger partial charge in [0.15, 0.2) is 0 Å². The van der Waals surface area contributed by atoms with Crippen molar-refractivity contribution in [2.45, 2.75) is 82.8 Å². The van der Waals surface area contributed by atoms with Crippen LogP contribution in [0.3, 0.4) is 0 Å². The zero-order chi connectivity index (χ0) is 67.1. The minimum absolute atomic E-state index is 0.00723. The Morgan fingerprint density at radius 1 is 0.310 bits per heavy atom. The molecule has 0 rings (SSSR count). The monoisotopic (exact) mass is 1430 g/mol. The van der Waals surface area contributed by atoms with Gasteiger partial charge in [-0.2, -0.15) is 126 Å². The summed E-state index contributed by atoms with van der Waals surface area (Å²) >= 11 is 40.6. The molecule has 34 heteroatoms. The first-order valence-corrected chi connectivity index (χ1v) is 33.0. The van der Waals surface area contributed by atoms with Crippen molar-refractivity contribution in [1.82, 2.24) is 0 Å². The number of ether oxygens (including phenoxy) is 12. The first kappa shape index (κ1) is 87.1. The SMILES string of the molecule is CC(CS)C(=O)OCC(CO)(COCC(COC(=O)C(C)CS)(COC(=O)C(C)CS)COC(=O)C(C)CS)COC(=O)CCS.CC(S)C(=O)OCC(CO)(COCC(COC(=O)CS)(COC(=O)C(C)S)COC(=O)C(C)S)COC(=O)C(C)S. The Bertz CT molecular complexity index is 1990. The van der Waals surface area contributed by atoms with Gasteiger partial charge in [0.1, 0.15) is 66.1 Å². The molecule has 0 heterocycles. The van der Waals surface area contributed by atoms with Gasteiger partial charge >= 0.3 is 59.7 Å². The van der Waals surface area contributed by atoms with Crippen molar-refractivity contribution in [3.8, 4) is 0 Å². The molecule has 0 aromatic rings. The first-order chi connectivity index (χ1) is 40.7. The van der Waals surface area contributed by atoms with Crippen molar-refractivity contribution in [3.05, 3.63) is 0 Å². The first-order valence-electron chi connectivity index (χ1n) is 27.1. The van der Waals surface area contributed by atoms with Crippen molar-refractivity contribution in [1.29, 1.82) is 0 Å². The molecule has 0 amide bonds. The van der Waals surface area contributed by atoms with Gasteiger partial charge in [0.25, 0.3) is 0 Å². The Kier molecular flexibility index (Phi) is 47.1. The Balaban J connectivity index is 0. The van der Waals surface area contributed by atoms with Crippen LogP contribution in [-0.2, 0) is 105 Å². The molecule has 0 radical (unpaired) electrons. The van der Waals surface area contributed by atoms with Gasteiger partial charge in [0, 0.05) is 28.8 Å². The Labute approximate surface area is 565 Å². The molecule has 0 spiro atoms. The molecule has 87 heavy (non-hydrogen) atoms. The highest BCUT2D eigenvalue weighted by molar-refractivity contribution is 7.82. The van der Waals surface area contributed by atoms with E-state index in [2.05, 4.69) is 126 Å². The van der Waals surface area contributed by atoms with Gasteiger partial charge in [0.2, 0.25) is 0 Å². The molecule has 0 fully saturated rings. The summed E-state index contributed by atoms with van der Waals surface area (Å²) < 4.78 is 65.7. The number of aliphatic hydroxyl groups excluding tert-OH is 2. The highest BCUT2D eigenvalue weighted by Gasteiger charge is 2.43. The molecule has 2 N–H and O–H groups in total. The number of carbonyl (C=O) groups excluding carboxylic acids is 10. The Hall–Kier alpha value is -1.96. The second kappa shape index (κ2) is 47.0. The fourth-order valence-corrected chi connectivity index (χ4v) is 6.98. The molecule has 0 aliphatic heterocycles. The predicted molar refractivity (Wildman–Crippen MR) is 353 cm³/mol. The average molecular weight is 1430 g/mol. The molecule has 0 aromatic carbocycles. The lowest BCUT2D eigenvalue weighted by atomic mass is 9.90. The average Bonchev–Trinajstić information content (AvgIpc) is 3.05. The predicted octanol–water partition coefficient (Wildman–Crippen LogP) is 3.15. The van der Waals surface area contributed by atoms with Gasteiger partial charge in [-0.15, -0.1) is 0 Å². The van der Waals surface area contributed by atoms with E-state index in [0.717, 1.165) is 0 Å². The fourth-order valence-electron chi connectivity index (χ4n) is 5.81. The standard InChI is InChI=1S/C29H50O12S5.C24H40O12S5/c1-19(7-43)24(32)38-15-28(11-30,14-37-23(31)5-6-42)12-36-13-29(16-39-25(33)20(2)8-44,17-40-26(34)21(3)9-45)18-41-27(35)22(4)10-46;1-14(38)19(27)33-9-23(6-25,10-34-20(28)15(2)39)7-31-8-24(11-32-18(26)5-37,12-35-21(29)16(3)40)13-36-22(30)17(4)41/h19-22,30,42-46H,5-18H2,1-4H3;14-17,25,37-41H,5-13H2,1-4H3. The molecule has 0 bridgehead atoms. The summed E-state index contributed by atoms with van der Waals surface area (Å²) in [7, 11) is 0. The van der Waals surface area contributed by atoms with E-state index in [0.29, 0.717) is 0 Å². The maximum atomic E-state index is 12.6. The molecule has 24 nitrogen and oxygen atoms in total. The van der Waals surface area contributed by atoms with Gasteiger partial charge < -0.3 is 67.1 Å². The molecular formula is C53H90O24S10. The van der Waals surface area contributed by atoms with Crippen molar-refractivity contribution >= 4 is 186 Å². The number of rotatable bonds is 45. The van der Waals surface area contributed by atoms with E-state index in [1.807, 2.05) is 0 Å². The van der Waals surface area contributed by atoms with Crippen molar-refractivity contribution in [2.24, 2.45) is 45.3 Å². The van der Waals surface area contributed by atoms with Gasteiger partial charge in [-0.05, 0) is 27.7 Å². The zero-order valence-electron chi connectivity index (χ0n) is 50.2. The van der Waals surface area contributed by atoms with Gasteiger partial charge in [-0.3, -0.25) is 47.9 Å². The van der Waals surface area contributed by atoms with Crippen LogP contribution in [0.5, 0.6) is 0 Å². The second-order valence-electron chi connectivity index (χ2n) is 21.2. The Morgan fingerprint density at radius 3 is 0.736 bits per heavy atom. The van der Waals surface area contributed by atoms with E-state index in [-0.39, 0.29) is 100 Å². The molecular weight excluding hydrogens is 1340 g/mol. The van der Waals surface area contributed by atoms with E-state index in [1.54, 1.807) is 27.7 Å². The van der Waals surface area contributed by atoms with Crippen molar-refractivity contribution in [3.63, 3.8) is 0 Å². The summed E-state index contributed by atoms with van der Waals surface area (Å²) in [4.78, 5) is 123. The lowest BCUT2D eigenvalue weighted by Gasteiger charge is -2.35. The molecule has 0 aromatic heterocycles. The van der Waals surface area contributed by atoms with Crippen LogP contribution in [0.15, 0.2) is 0 Å². The smallest absolute Gasteiger partial charge is 0.318 e. The minimum atomic E-state index is -1.43. The van der Waals surface area contributed by atoms with E-state index in [9.17, 15) is 58.2 Å². The Morgan fingerprint density at radius 2 is 0.517 bits per heavy atom. The van der Waals surface area contributed by atoms with Crippen LogP contribution in [-0.4, -0.2) is 231 Å². The third-order valence-electron chi connectivity index (χ3n) is 12.1. The maximum absolute atomic E-state index is 12.6. The van der Waals surface area contributed by atoms with Crippen molar-refractivity contribution < 1.29 is 115 Å². The summed E-state index contributed by atoms with van der Waals surface area (Å²) in [6.07, 6.45) is 0.00723. The molecule has 0 aliphatic rings. The maximum Gasteiger partial charge on any atom is 0.318 e. The molecule has 506 valence electrons. The molecule has 0 aliphatic carbocycles. The van der Waals surface area contributed by atoms with Crippen LogP contribution in [0, 0.1) is 45.3 Å². The number of aliphatic hydroxyl groups is 2. The largest absolute Gasteiger partial charge is 0.465 e. The topological polar surface area (TPSA) is 322 Å². The highest BCUT2D eigenvalue weighted by atomic mass is 32.1. The minimum Gasteiger partial charge on any atom is -0.465 e. The van der Waals surface area contributed by atoms with Crippen molar-refractivity contribution in [2.75, 3.05) is 140 Å². The summed E-state index contributed by atoms with van der Waals surface area (Å²) in [5.74, 6) is -7.81. The number of thiol groups is 10. The molecule has 9 atom stereocenters. The quantitative estimate of drug-likeness (QED) is 0.0237. The normalized spacial score (nSPS) is 16.7. The van der Waals surface area contributed by atoms with E-state index >= 15 is 0 Å². The molecule has 0 saturated carbocycles. The van der Waals surface area contributed by atoms with Crippen LogP contribution >= 0.6 is 126 Å². The van der Waals surface area contributed by atoms with Crippen LogP contribution in [0.1, 0.15) is 61.8 Å². The summed E-state index contributed by atoms with van der Waals surface area (Å²) in [5.41, 5.74) is -5.68. The van der Waals surface area contributed by atoms with E-state index in [4.69, 9.17) is 56.8 Å². The van der Waals surface area contributed by atoms with Crippen LogP contribution in [0.25, 0.3) is 0 Å². The number of hydrogen-bond acceptors (Lipinski definition) is 34. The summed E-state index contributed by atoms with van der Waals surface area (Å²) in [6.45, 7) is 5.83. The van der Waals surface area contributed by atoms with E-state index in [1.165, 1.54) is 27.7 Å². The number of esters is 10. The summed E-state index contributed by atoms with van der Waals surface area (Å²) in [6, 6.07) is 0. The fraction of sp³-hybridized carbons (Fsp3) is 0.811. The molecule has 0 saturated heterocycles. The third-order valence-corrected chi connectivity index (χ3v) is 15.6. The van der Waals surface area contributed by atoms with Crippen LogP contribution in [0.2, 0.25) is 0 Å². The number of hydrogen-bond donors (Lipinski definition) is 12.